The first-order chi connectivity index (χ1) is 27.3. The Morgan fingerprint density at radius 2 is 1.63 bits per heavy atom. The summed E-state index contributed by atoms with van der Waals surface area (Å²) in [5.74, 6) is 1.03. The molecule has 4 atom stereocenters. The van der Waals surface area contributed by atoms with Crippen molar-refractivity contribution in [2.75, 3.05) is 20.2 Å². The number of imidazole rings is 2. The molecule has 0 spiro atoms. The molecule has 7 rings (SSSR count). The number of likely N-dealkylation sites (tertiary alicyclic amines) is 2. The molecule has 300 valence electrons. The predicted octanol–water partition coefficient (Wildman–Crippen LogP) is 8.83. The number of halogens is 3. The monoisotopic (exact) mass is 783 g/mol. The second-order valence-electron chi connectivity index (χ2n) is 15.3. The highest BCUT2D eigenvalue weighted by molar-refractivity contribution is 5.96. The SMILES string of the molecule is C=C(C)C1CC(=O)C(C)=C(N2CCCC2c2ncc(-c3ccc(-c4ccccc4)c(-c4cnc(C5CCCN5C(=O)C(CCC(F)(F)F)NC(=O)OC)[nH]4)c3)[nH]2)C1. The van der Waals surface area contributed by atoms with Crippen LogP contribution in [0.4, 0.5) is 18.0 Å². The fourth-order valence-electron chi connectivity index (χ4n) is 8.43. The van der Waals surface area contributed by atoms with Crippen LogP contribution in [0.25, 0.3) is 33.6 Å². The van der Waals surface area contributed by atoms with Gasteiger partial charge in [-0.1, -0.05) is 54.6 Å². The van der Waals surface area contributed by atoms with E-state index >= 15 is 0 Å². The van der Waals surface area contributed by atoms with Crippen LogP contribution >= 0.6 is 0 Å². The number of allylic oxidation sites excluding steroid dienone is 3. The standard InChI is InChI=1S/C43H48F3N7O4/c1-25(2)29-21-37(26(3)38(54)22-29)52-18-8-12-35(52)39-47-23-33(49-39)28-14-15-30(27-10-6-5-7-11-27)31(20-28)34-24-48-40(50-34)36-13-9-19-53(36)41(55)32(51-42(56)57-4)16-17-43(44,45)46/h5-7,10-11,14-15,20,23-24,29,32,35-36H,1,8-9,12-13,16-19,21-22H2,2-4H3,(H,47,49)(H,48,50)(H,51,56). The van der Waals surface area contributed by atoms with Gasteiger partial charge in [-0.05, 0) is 75.5 Å². The molecule has 3 N–H and O–H groups in total. The van der Waals surface area contributed by atoms with Crippen molar-refractivity contribution in [2.45, 2.75) is 89.5 Å². The van der Waals surface area contributed by atoms with Crippen molar-refractivity contribution in [3.05, 3.63) is 96.0 Å². The number of H-pyrrole nitrogens is 2. The summed E-state index contributed by atoms with van der Waals surface area (Å²) in [5, 5.41) is 2.30. The van der Waals surface area contributed by atoms with Crippen molar-refractivity contribution in [3.63, 3.8) is 0 Å². The molecule has 2 aliphatic heterocycles. The lowest BCUT2D eigenvalue weighted by Gasteiger charge is -2.35. The van der Waals surface area contributed by atoms with Crippen molar-refractivity contribution in [2.24, 2.45) is 5.92 Å². The van der Waals surface area contributed by atoms with E-state index in [-0.39, 0.29) is 17.7 Å². The Labute approximate surface area is 329 Å². The zero-order valence-electron chi connectivity index (χ0n) is 32.4. The summed E-state index contributed by atoms with van der Waals surface area (Å²) >= 11 is 0. The number of hydrogen-bond donors (Lipinski definition) is 3. The number of nitrogens with zero attached hydrogens (tertiary/aromatic N) is 4. The molecule has 0 bridgehead atoms. The van der Waals surface area contributed by atoms with Crippen LogP contribution in [-0.4, -0.2) is 79.9 Å². The van der Waals surface area contributed by atoms with E-state index in [0.29, 0.717) is 37.3 Å². The van der Waals surface area contributed by atoms with E-state index < -0.39 is 43.1 Å². The molecule has 14 heteroatoms. The normalized spacial score (nSPS) is 20.6. The van der Waals surface area contributed by atoms with E-state index in [9.17, 15) is 27.6 Å². The average Bonchev–Trinajstić information content (AvgIpc) is 4.04. The Morgan fingerprint density at radius 3 is 2.35 bits per heavy atom. The Morgan fingerprint density at radius 1 is 0.947 bits per heavy atom. The summed E-state index contributed by atoms with van der Waals surface area (Å²) in [6, 6.07) is 14.2. The maximum Gasteiger partial charge on any atom is 0.407 e. The van der Waals surface area contributed by atoms with Crippen molar-refractivity contribution in [1.82, 2.24) is 35.1 Å². The summed E-state index contributed by atoms with van der Waals surface area (Å²) in [7, 11) is 1.09. The van der Waals surface area contributed by atoms with Gasteiger partial charge < -0.3 is 29.8 Å². The van der Waals surface area contributed by atoms with Gasteiger partial charge in [0.05, 0.1) is 43.0 Å². The second-order valence-corrected chi connectivity index (χ2v) is 15.3. The highest BCUT2D eigenvalue weighted by Crippen LogP contribution is 2.42. The summed E-state index contributed by atoms with van der Waals surface area (Å²) in [5.41, 5.74) is 8.16. The molecule has 4 aromatic rings. The van der Waals surface area contributed by atoms with E-state index in [4.69, 9.17) is 9.97 Å². The number of ketones is 1. The lowest BCUT2D eigenvalue weighted by Crippen LogP contribution is -2.48. The molecule has 3 aliphatic rings. The molecule has 1 aliphatic carbocycles. The number of ether oxygens (including phenoxy) is 1. The van der Waals surface area contributed by atoms with Gasteiger partial charge in [0.2, 0.25) is 5.91 Å². The van der Waals surface area contributed by atoms with Crippen LogP contribution in [0.1, 0.15) is 88.9 Å². The molecular weight excluding hydrogens is 736 g/mol. The number of rotatable bonds is 11. The minimum absolute atomic E-state index is 0.00606. The first-order valence-corrected chi connectivity index (χ1v) is 19.5. The Kier molecular flexibility index (Phi) is 11.4. The van der Waals surface area contributed by atoms with Gasteiger partial charge in [-0.15, -0.1) is 0 Å². The van der Waals surface area contributed by atoms with Crippen molar-refractivity contribution in [1.29, 1.82) is 0 Å². The fourth-order valence-corrected chi connectivity index (χ4v) is 8.43. The van der Waals surface area contributed by atoms with E-state index in [2.05, 4.69) is 43.6 Å². The van der Waals surface area contributed by atoms with Gasteiger partial charge in [0.1, 0.15) is 17.7 Å². The molecule has 0 saturated carbocycles. The quantitative estimate of drug-likeness (QED) is 0.129. The molecule has 57 heavy (non-hydrogen) atoms. The lowest BCUT2D eigenvalue weighted by molar-refractivity contribution is -0.143. The average molecular weight is 784 g/mol. The van der Waals surface area contributed by atoms with Crippen LogP contribution in [0.5, 0.6) is 0 Å². The Hall–Kier alpha value is -5.66. The van der Waals surface area contributed by atoms with Gasteiger partial charge in [0.25, 0.3) is 0 Å². The number of alkyl halides is 3. The molecule has 2 aromatic heterocycles. The number of nitrogens with one attached hydrogen (secondary N) is 3. The molecule has 4 unspecified atom stereocenters. The number of methoxy groups -OCH3 is 1. The van der Waals surface area contributed by atoms with Gasteiger partial charge >= 0.3 is 12.3 Å². The maximum absolute atomic E-state index is 13.7. The zero-order chi connectivity index (χ0) is 40.4. The Balaban J connectivity index is 1.18. The third-order valence-corrected chi connectivity index (χ3v) is 11.6. The van der Waals surface area contributed by atoms with Gasteiger partial charge in [-0.2, -0.15) is 13.2 Å². The predicted molar refractivity (Wildman–Crippen MR) is 209 cm³/mol. The second kappa shape index (κ2) is 16.4. The van der Waals surface area contributed by atoms with Gasteiger partial charge in [0, 0.05) is 48.3 Å². The fraction of sp³-hybridized carbons (Fsp3) is 0.419. The molecule has 2 saturated heterocycles. The molecule has 0 radical (unpaired) electrons. The molecule has 11 nitrogen and oxygen atoms in total. The number of aromatic nitrogens is 4. The number of hydrogen-bond acceptors (Lipinski definition) is 7. The maximum atomic E-state index is 13.7. The summed E-state index contributed by atoms with van der Waals surface area (Å²) in [4.78, 5) is 59.2. The van der Waals surface area contributed by atoms with Gasteiger partial charge in [-0.3, -0.25) is 9.59 Å². The number of alkyl carbamates (subject to hydrolysis) is 1. The summed E-state index contributed by atoms with van der Waals surface area (Å²) in [6.07, 6.45) is 0.583. The van der Waals surface area contributed by atoms with Crippen molar-refractivity contribution in [3.8, 4) is 33.6 Å². The number of amides is 2. The largest absolute Gasteiger partial charge is 0.453 e. The van der Waals surface area contributed by atoms with E-state index in [0.717, 1.165) is 83.5 Å². The van der Waals surface area contributed by atoms with Crippen LogP contribution in [0.3, 0.4) is 0 Å². The van der Waals surface area contributed by atoms with E-state index in [1.54, 1.807) is 6.20 Å². The smallest absolute Gasteiger partial charge is 0.407 e. The molecule has 2 amide bonds. The van der Waals surface area contributed by atoms with E-state index in [1.807, 2.05) is 56.4 Å². The number of Topliss-reactive ketones (excluding diaryl/α,β-unsaturated/α-hetero) is 1. The zero-order valence-corrected chi connectivity index (χ0v) is 32.4. The molecular formula is C43H48F3N7O4. The first-order valence-electron chi connectivity index (χ1n) is 19.5. The lowest BCUT2D eigenvalue weighted by atomic mass is 9.82. The number of carbonyl (C=O) groups excluding carboxylic acids is 3. The van der Waals surface area contributed by atoms with Crippen LogP contribution in [0.15, 0.2) is 84.3 Å². The molecule has 4 heterocycles. The highest BCUT2D eigenvalue weighted by Gasteiger charge is 2.39. The molecule has 2 fully saturated rings. The van der Waals surface area contributed by atoms with Crippen LogP contribution in [-0.2, 0) is 14.3 Å². The minimum atomic E-state index is -4.50. The van der Waals surface area contributed by atoms with Crippen LogP contribution in [0, 0.1) is 5.92 Å². The third kappa shape index (κ3) is 8.54. The van der Waals surface area contributed by atoms with Crippen LogP contribution < -0.4 is 5.32 Å². The number of carbonyl (C=O) groups is 3. The number of benzene rings is 2. The third-order valence-electron chi connectivity index (χ3n) is 11.6. The molecule has 2 aromatic carbocycles. The van der Waals surface area contributed by atoms with Gasteiger partial charge in [-0.25, -0.2) is 14.8 Å². The summed E-state index contributed by atoms with van der Waals surface area (Å²) < 4.78 is 44.2. The number of aromatic amines is 2. The minimum Gasteiger partial charge on any atom is -0.453 e. The highest BCUT2D eigenvalue weighted by atomic mass is 19.4. The first kappa shape index (κ1) is 39.6. The van der Waals surface area contributed by atoms with Crippen LogP contribution in [0.2, 0.25) is 0 Å². The van der Waals surface area contributed by atoms with E-state index in [1.165, 1.54) is 4.90 Å². The van der Waals surface area contributed by atoms with Gasteiger partial charge in [0.15, 0.2) is 5.78 Å². The van der Waals surface area contributed by atoms with Crippen molar-refractivity contribution >= 4 is 17.8 Å². The Bertz CT molecular complexity index is 2180. The summed E-state index contributed by atoms with van der Waals surface area (Å²) in [6.45, 7) is 9.23. The topological polar surface area (TPSA) is 136 Å². The van der Waals surface area contributed by atoms with Crippen molar-refractivity contribution < 1.29 is 32.3 Å².